The van der Waals surface area contributed by atoms with Crippen LogP contribution in [0, 0.1) is 36.5 Å². The van der Waals surface area contributed by atoms with Gasteiger partial charge in [0.15, 0.2) is 6.61 Å². The topological polar surface area (TPSA) is 92.8 Å². The van der Waals surface area contributed by atoms with E-state index in [0.717, 1.165) is 21.4 Å². The lowest BCUT2D eigenvalue weighted by Gasteiger charge is -2.28. The summed E-state index contributed by atoms with van der Waals surface area (Å²) < 4.78 is 6.13. The van der Waals surface area contributed by atoms with E-state index in [2.05, 4.69) is 21.2 Å². The number of likely N-dealkylation sites (tertiary alicyclic amines) is 1. The molecule has 0 unspecified atom stereocenters. The maximum atomic E-state index is 13.1. The van der Waals surface area contributed by atoms with E-state index in [-0.39, 0.29) is 41.4 Å². The first-order valence-electron chi connectivity index (χ1n) is 10.5. The molecule has 1 saturated carbocycles. The number of nitrogens with zero attached hydrogens (tertiary/aromatic N) is 1. The molecule has 3 aliphatic rings. The van der Waals surface area contributed by atoms with Crippen molar-refractivity contribution in [3.05, 3.63) is 40.4 Å². The van der Waals surface area contributed by atoms with Crippen LogP contribution in [-0.4, -0.2) is 41.2 Å². The molecular weight excluding hydrogens is 464 g/mol. The Morgan fingerprint density at radius 2 is 1.77 bits per heavy atom. The third-order valence-corrected chi connectivity index (χ3v) is 6.96. The van der Waals surface area contributed by atoms with Gasteiger partial charge in [-0.15, -0.1) is 0 Å². The molecule has 3 amide bonds. The number of anilines is 1. The van der Waals surface area contributed by atoms with Crippen molar-refractivity contribution < 1.29 is 23.9 Å². The van der Waals surface area contributed by atoms with Gasteiger partial charge in [-0.25, -0.2) is 4.79 Å². The van der Waals surface area contributed by atoms with E-state index in [1.165, 1.54) is 0 Å². The molecule has 1 aliphatic heterocycles. The molecule has 7 nitrogen and oxygen atoms in total. The molecule has 4 rings (SSSR count). The van der Waals surface area contributed by atoms with Crippen LogP contribution in [0.25, 0.3) is 0 Å². The quantitative estimate of drug-likeness (QED) is 0.377. The molecule has 2 fully saturated rings. The van der Waals surface area contributed by atoms with Gasteiger partial charge >= 0.3 is 5.97 Å². The molecule has 2 bridgehead atoms. The number of allylic oxidation sites excluding steroid dienone is 2. The highest BCUT2D eigenvalue weighted by atomic mass is 79.9. The van der Waals surface area contributed by atoms with E-state index in [1.54, 1.807) is 26.0 Å². The van der Waals surface area contributed by atoms with Gasteiger partial charge in [-0.2, -0.15) is 0 Å². The zero-order valence-corrected chi connectivity index (χ0v) is 19.2. The number of aryl methyl sites for hydroxylation is 1. The van der Waals surface area contributed by atoms with Gasteiger partial charge in [-0.05, 0) is 54.9 Å². The molecule has 8 heteroatoms. The average molecular weight is 489 g/mol. The molecule has 0 radical (unpaired) electrons. The zero-order valence-electron chi connectivity index (χ0n) is 17.6. The predicted molar refractivity (Wildman–Crippen MR) is 117 cm³/mol. The Hall–Kier alpha value is -2.48. The summed E-state index contributed by atoms with van der Waals surface area (Å²) in [5.74, 6) is -2.75. The van der Waals surface area contributed by atoms with Crippen molar-refractivity contribution >= 4 is 45.3 Å². The first-order chi connectivity index (χ1) is 14.7. The minimum absolute atomic E-state index is 0.0696. The van der Waals surface area contributed by atoms with Crippen LogP contribution in [0.2, 0.25) is 0 Å². The predicted octanol–water partition coefficient (Wildman–Crippen LogP) is 3.07. The van der Waals surface area contributed by atoms with E-state index in [0.29, 0.717) is 5.69 Å². The van der Waals surface area contributed by atoms with Gasteiger partial charge in [-0.1, -0.05) is 41.9 Å². The van der Waals surface area contributed by atoms with Crippen LogP contribution in [0.5, 0.6) is 0 Å². The number of rotatable bonds is 6. The van der Waals surface area contributed by atoms with Crippen molar-refractivity contribution in [2.24, 2.45) is 29.6 Å². The van der Waals surface area contributed by atoms with E-state index in [4.69, 9.17) is 4.74 Å². The smallest absolute Gasteiger partial charge is 0.330 e. The lowest BCUT2D eigenvalue weighted by Crippen LogP contribution is -2.50. The monoisotopic (exact) mass is 488 g/mol. The average Bonchev–Trinajstić information content (AvgIpc) is 3.38. The van der Waals surface area contributed by atoms with Crippen LogP contribution in [-0.2, 0) is 23.9 Å². The first kappa shape index (κ1) is 21.7. The number of fused-ring (bicyclic) bond motifs is 5. The molecule has 0 spiro atoms. The molecule has 1 aromatic rings. The van der Waals surface area contributed by atoms with Crippen molar-refractivity contribution in [3.63, 3.8) is 0 Å². The van der Waals surface area contributed by atoms with Crippen molar-refractivity contribution in [1.29, 1.82) is 0 Å². The Morgan fingerprint density at radius 3 is 2.32 bits per heavy atom. The van der Waals surface area contributed by atoms with Gasteiger partial charge < -0.3 is 10.1 Å². The van der Waals surface area contributed by atoms with Crippen molar-refractivity contribution in [3.8, 4) is 0 Å². The SMILES string of the molecule is Cc1cc(Br)ccc1NC(=O)COC(=O)[C@H](C(C)C)N1C(=O)[C@@H]2[C@@H](C1=O)[C@H]1C=C[C@H]2C1. The summed E-state index contributed by atoms with van der Waals surface area (Å²) in [5, 5.41) is 2.71. The fourth-order valence-corrected chi connectivity index (χ4v) is 5.53. The van der Waals surface area contributed by atoms with Crippen LogP contribution in [0.15, 0.2) is 34.8 Å². The number of esters is 1. The van der Waals surface area contributed by atoms with Crippen LogP contribution in [0.3, 0.4) is 0 Å². The minimum atomic E-state index is -1.03. The lowest BCUT2D eigenvalue weighted by molar-refractivity contribution is -0.162. The zero-order chi connectivity index (χ0) is 22.4. The second kappa shape index (κ2) is 8.22. The summed E-state index contributed by atoms with van der Waals surface area (Å²) in [6.45, 7) is 4.88. The number of ether oxygens (including phenoxy) is 1. The van der Waals surface area contributed by atoms with Crippen LogP contribution in [0.4, 0.5) is 5.69 Å². The molecule has 1 saturated heterocycles. The maximum absolute atomic E-state index is 13.1. The molecule has 164 valence electrons. The Bertz CT molecular complexity index is 958. The van der Waals surface area contributed by atoms with Crippen molar-refractivity contribution in [2.75, 3.05) is 11.9 Å². The van der Waals surface area contributed by atoms with E-state index >= 15 is 0 Å². The summed E-state index contributed by atoms with van der Waals surface area (Å²) in [7, 11) is 0. The van der Waals surface area contributed by atoms with Crippen LogP contribution >= 0.6 is 15.9 Å². The van der Waals surface area contributed by atoms with Gasteiger partial charge in [0.2, 0.25) is 11.8 Å². The second-order valence-electron chi connectivity index (χ2n) is 8.85. The summed E-state index contributed by atoms with van der Waals surface area (Å²) in [6, 6.07) is 4.37. The first-order valence-corrected chi connectivity index (χ1v) is 11.3. The molecule has 31 heavy (non-hydrogen) atoms. The molecule has 1 heterocycles. The maximum Gasteiger partial charge on any atom is 0.330 e. The number of nitrogens with one attached hydrogen (secondary N) is 1. The van der Waals surface area contributed by atoms with Gasteiger partial charge in [0.1, 0.15) is 6.04 Å². The van der Waals surface area contributed by atoms with E-state index in [9.17, 15) is 19.2 Å². The van der Waals surface area contributed by atoms with Crippen LogP contribution < -0.4 is 5.32 Å². The van der Waals surface area contributed by atoms with Crippen molar-refractivity contribution in [2.45, 2.75) is 33.2 Å². The highest BCUT2D eigenvalue weighted by Crippen LogP contribution is 2.53. The number of amides is 3. The number of imide groups is 1. The summed E-state index contributed by atoms with van der Waals surface area (Å²) >= 11 is 3.37. The molecule has 1 aromatic carbocycles. The second-order valence-corrected chi connectivity index (χ2v) is 9.77. The number of carbonyl (C=O) groups is 4. The Balaban J connectivity index is 1.42. The standard InChI is InChI=1S/C23H25BrN2O5/c1-11(2)20(26-21(28)18-13-4-5-14(9-13)19(18)22(26)29)23(30)31-10-17(27)25-16-7-6-15(24)8-12(16)3/h4-8,11,13-14,18-20H,9-10H2,1-3H3,(H,25,27)/t13-,14-,18-,19-,20-/m0/s1. The molecule has 1 N–H and O–H groups in total. The highest BCUT2D eigenvalue weighted by molar-refractivity contribution is 9.10. The number of hydrogen-bond donors (Lipinski definition) is 1. The highest BCUT2D eigenvalue weighted by Gasteiger charge is 2.61. The van der Waals surface area contributed by atoms with Crippen molar-refractivity contribution in [1.82, 2.24) is 4.90 Å². The largest absolute Gasteiger partial charge is 0.454 e. The van der Waals surface area contributed by atoms with Gasteiger partial charge in [-0.3, -0.25) is 19.3 Å². The number of halogens is 1. The Kier molecular flexibility index (Phi) is 5.77. The summed E-state index contributed by atoms with van der Waals surface area (Å²) in [4.78, 5) is 52.4. The summed E-state index contributed by atoms with van der Waals surface area (Å²) in [5.41, 5.74) is 1.47. The molecule has 2 aliphatic carbocycles. The Labute approximate surface area is 189 Å². The van der Waals surface area contributed by atoms with E-state index < -0.39 is 24.5 Å². The number of hydrogen-bond acceptors (Lipinski definition) is 5. The third kappa shape index (κ3) is 3.82. The fraction of sp³-hybridized carbons (Fsp3) is 0.478. The minimum Gasteiger partial charge on any atom is -0.454 e. The molecule has 5 atom stereocenters. The van der Waals surface area contributed by atoms with Crippen LogP contribution in [0.1, 0.15) is 25.8 Å². The number of benzene rings is 1. The number of carbonyl (C=O) groups excluding carboxylic acids is 4. The fourth-order valence-electron chi connectivity index (χ4n) is 5.05. The van der Waals surface area contributed by atoms with Gasteiger partial charge in [0.25, 0.3) is 5.91 Å². The van der Waals surface area contributed by atoms with Gasteiger partial charge in [0.05, 0.1) is 11.8 Å². The molecule has 0 aromatic heterocycles. The van der Waals surface area contributed by atoms with E-state index in [1.807, 2.05) is 25.1 Å². The normalized spacial score (nSPS) is 27.1. The lowest BCUT2D eigenvalue weighted by atomic mass is 9.85. The third-order valence-electron chi connectivity index (χ3n) is 6.46. The Morgan fingerprint density at radius 1 is 1.16 bits per heavy atom. The van der Waals surface area contributed by atoms with Gasteiger partial charge in [0, 0.05) is 10.2 Å². The molecular formula is C23H25BrN2O5. The summed E-state index contributed by atoms with van der Waals surface area (Å²) in [6.07, 6.45) is 4.85.